The molecule has 0 unspecified atom stereocenters. The van der Waals surface area contributed by atoms with Crippen molar-refractivity contribution in [2.45, 2.75) is 13.8 Å². The van der Waals surface area contributed by atoms with Crippen LogP contribution in [0.15, 0.2) is 12.7 Å². The van der Waals surface area contributed by atoms with E-state index in [1.165, 1.54) is 0 Å². The van der Waals surface area contributed by atoms with Gasteiger partial charge in [-0.3, -0.25) is 0 Å². The highest BCUT2D eigenvalue weighted by Gasteiger charge is 1.59. The van der Waals surface area contributed by atoms with Gasteiger partial charge in [0.2, 0.25) is 0 Å². The van der Waals surface area contributed by atoms with E-state index < -0.39 is 0 Å². The van der Waals surface area contributed by atoms with Crippen molar-refractivity contribution in [1.82, 2.24) is 0 Å². The minimum Gasteiger partial charge on any atom is -0.303 e. The number of carbonyl (C=O) groups is 1. The van der Waals surface area contributed by atoms with Crippen molar-refractivity contribution in [2.75, 3.05) is 0 Å². The molecular formula is C5H10O. The van der Waals surface area contributed by atoms with Crippen LogP contribution in [0.3, 0.4) is 0 Å². The molecule has 0 aliphatic heterocycles. The van der Waals surface area contributed by atoms with Crippen LogP contribution in [0.25, 0.3) is 0 Å². The second-order valence-corrected chi connectivity index (χ2v) is 0.691. The summed E-state index contributed by atoms with van der Waals surface area (Å²) in [5.74, 6) is 0. The molecule has 0 aliphatic carbocycles. The van der Waals surface area contributed by atoms with E-state index in [1.807, 2.05) is 0 Å². The number of carbonyl (C=O) groups excluding carboxylic acids is 1. The first-order valence-corrected chi connectivity index (χ1v) is 1.46. The predicted molar refractivity (Wildman–Crippen MR) is 27.6 cm³/mol. The maximum absolute atomic E-state index is 9.33. The standard InChI is InChI=1S/C4H6O.CH4/c1-2-3-4-5;/h2,4H,1,3H2;1H4. The average molecular weight is 86.1 g/mol. The summed E-state index contributed by atoms with van der Waals surface area (Å²) in [7, 11) is 0. The summed E-state index contributed by atoms with van der Waals surface area (Å²) < 4.78 is 0. The van der Waals surface area contributed by atoms with Crippen molar-refractivity contribution < 1.29 is 4.79 Å². The lowest BCUT2D eigenvalue weighted by atomic mass is 10.5. The fourth-order valence-corrected chi connectivity index (χ4v) is 0.0680. The van der Waals surface area contributed by atoms with Crippen molar-refractivity contribution >= 4 is 6.29 Å². The van der Waals surface area contributed by atoms with Crippen LogP contribution in [-0.2, 0) is 4.79 Å². The predicted octanol–water partition coefficient (Wildman–Crippen LogP) is 1.40. The Labute approximate surface area is 38.7 Å². The monoisotopic (exact) mass is 86.1 g/mol. The van der Waals surface area contributed by atoms with Crippen LogP contribution in [0.1, 0.15) is 13.8 Å². The van der Waals surface area contributed by atoms with E-state index in [-0.39, 0.29) is 7.43 Å². The highest BCUT2D eigenvalue weighted by atomic mass is 16.1. The third kappa shape index (κ3) is 9.96. The van der Waals surface area contributed by atoms with Crippen molar-refractivity contribution in [1.29, 1.82) is 0 Å². The summed E-state index contributed by atoms with van der Waals surface area (Å²) in [4.78, 5) is 9.33. The SMILES string of the molecule is C.C=CCC=O. The van der Waals surface area contributed by atoms with Gasteiger partial charge in [-0.05, 0) is 0 Å². The smallest absolute Gasteiger partial charge is 0.123 e. The highest BCUT2D eigenvalue weighted by molar-refractivity contribution is 5.51. The molecule has 0 saturated heterocycles. The molecule has 0 spiro atoms. The van der Waals surface area contributed by atoms with Crippen LogP contribution < -0.4 is 0 Å². The molecule has 0 saturated carbocycles. The van der Waals surface area contributed by atoms with Gasteiger partial charge >= 0.3 is 0 Å². The average Bonchev–Trinajstić information content (AvgIpc) is 1.41. The maximum atomic E-state index is 9.33. The normalized spacial score (nSPS) is 5.33. The number of hydrogen-bond acceptors (Lipinski definition) is 1. The Balaban J connectivity index is 0. The first-order chi connectivity index (χ1) is 2.41. The molecule has 0 heterocycles. The fourth-order valence-electron chi connectivity index (χ4n) is 0.0680. The Kier molecular flexibility index (Phi) is 13.3. The lowest BCUT2D eigenvalue weighted by Gasteiger charge is -1.59. The molecule has 0 radical (unpaired) electrons. The van der Waals surface area contributed by atoms with Gasteiger partial charge in [0.25, 0.3) is 0 Å². The number of aldehydes is 1. The molecule has 6 heavy (non-hydrogen) atoms. The van der Waals surface area contributed by atoms with Crippen LogP contribution in [-0.4, -0.2) is 6.29 Å². The van der Waals surface area contributed by atoms with Gasteiger partial charge in [-0.15, -0.1) is 6.58 Å². The summed E-state index contributed by atoms with van der Waals surface area (Å²) in [6.07, 6.45) is 2.85. The topological polar surface area (TPSA) is 17.1 Å². The van der Waals surface area contributed by atoms with E-state index in [0.717, 1.165) is 6.29 Å². The lowest BCUT2D eigenvalue weighted by molar-refractivity contribution is -0.107. The van der Waals surface area contributed by atoms with Gasteiger partial charge in [0.05, 0.1) is 0 Å². The quantitative estimate of drug-likeness (QED) is 0.366. The molecule has 0 aromatic heterocycles. The fraction of sp³-hybridized carbons (Fsp3) is 0.400. The van der Waals surface area contributed by atoms with Gasteiger partial charge in [-0.25, -0.2) is 0 Å². The number of rotatable bonds is 2. The number of allylic oxidation sites excluding steroid dienone is 1. The van der Waals surface area contributed by atoms with Crippen molar-refractivity contribution in [2.24, 2.45) is 0 Å². The van der Waals surface area contributed by atoms with Crippen LogP contribution in [0, 0.1) is 0 Å². The Morgan fingerprint density at radius 1 is 1.67 bits per heavy atom. The van der Waals surface area contributed by atoms with Gasteiger partial charge in [-0.2, -0.15) is 0 Å². The second-order valence-electron chi connectivity index (χ2n) is 0.691. The highest BCUT2D eigenvalue weighted by Crippen LogP contribution is 1.64. The summed E-state index contributed by atoms with van der Waals surface area (Å²) in [5, 5.41) is 0. The van der Waals surface area contributed by atoms with Crippen molar-refractivity contribution in [3.63, 3.8) is 0 Å². The molecule has 36 valence electrons. The summed E-state index contributed by atoms with van der Waals surface area (Å²) in [6.45, 7) is 3.32. The zero-order chi connectivity index (χ0) is 4.12. The Morgan fingerprint density at radius 3 is 2.17 bits per heavy atom. The molecule has 1 nitrogen and oxygen atoms in total. The molecule has 0 bridgehead atoms. The Bertz CT molecular complexity index is 33.2. The summed E-state index contributed by atoms with van der Waals surface area (Å²) in [5.41, 5.74) is 0. The lowest BCUT2D eigenvalue weighted by Crippen LogP contribution is -1.59. The maximum Gasteiger partial charge on any atom is 0.123 e. The molecule has 0 aromatic rings. The minimum absolute atomic E-state index is 0. The van der Waals surface area contributed by atoms with Crippen LogP contribution in [0.2, 0.25) is 0 Å². The number of hydrogen-bond donors (Lipinski definition) is 0. The molecule has 0 rings (SSSR count). The van der Waals surface area contributed by atoms with E-state index in [0.29, 0.717) is 6.42 Å². The first kappa shape index (κ1) is 9.05. The molecule has 0 atom stereocenters. The summed E-state index contributed by atoms with van der Waals surface area (Å²) >= 11 is 0. The first-order valence-electron chi connectivity index (χ1n) is 1.46. The van der Waals surface area contributed by atoms with E-state index in [9.17, 15) is 4.79 Å². The van der Waals surface area contributed by atoms with Gasteiger partial charge in [-0.1, -0.05) is 13.5 Å². The second kappa shape index (κ2) is 8.83. The van der Waals surface area contributed by atoms with Gasteiger partial charge < -0.3 is 4.79 Å². The van der Waals surface area contributed by atoms with Gasteiger partial charge in [0, 0.05) is 6.42 Å². The molecule has 0 fully saturated rings. The minimum atomic E-state index is 0. The third-order valence-corrected chi connectivity index (χ3v) is 0.263. The molecular weight excluding hydrogens is 76.1 g/mol. The van der Waals surface area contributed by atoms with Crippen molar-refractivity contribution in [3.8, 4) is 0 Å². The third-order valence-electron chi connectivity index (χ3n) is 0.263. The van der Waals surface area contributed by atoms with Crippen LogP contribution in [0.4, 0.5) is 0 Å². The van der Waals surface area contributed by atoms with E-state index in [4.69, 9.17) is 0 Å². The van der Waals surface area contributed by atoms with Gasteiger partial charge in [0.1, 0.15) is 6.29 Å². The molecule has 0 aliphatic rings. The largest absolute Gasteiger partial charge is 0.303 e. The molecule has 0 N–H and O–H groups in total. The molecule has 1 heteroatoms. The molecule has 0 aromatic carbocycles. The van der Waals surface area contributed by atoms with Crippen LogP contribution in [0.5, 0.6) is 0 Å². The Hall–Kier alpha value is -0.590. The zero-order valence-electron chi connectivity index (χ0n) is 2.98. The summed E-state index contributed by atoms with van der Waals surface area (Å²) in [6, 6.07) is 0. The van der Waals surface area contributed by atoms with E-state index in [1.54, 1.807) is 6.08 Å². The van der Waals surface area contributed by atoms with Crippen LogP contribution >= 0.6 is 0 Å². The molecule has 0 amide bonds. The van der Waals surface area contributed by atoms with Gasteiger partial charge in [0.15, 0.2) is 0 Å². The Morgan fingerprint density at radius 2 is 2.17 bits per heavy atom. The van der Waals surface area contributed by atoms with E-state index >= 15 is 0 Å². The van der Waals surface area contributed by atoms with Crippen molar-refractivity contribution in [3.05, 3.63) is 12.7 Å². The van der Waals surface area contributed by atoms with E-state index in [2.05, 4.69) is 6.58 Å². The zero-order valence-corrected chi connectivity index (χ0v) is 2.98.